The molecular weight excluding hydrogens is 350 g/mol. The highest BCUT2D eigenvalue weighted by Crippen LogP contribution is 2.19. The Balaban J connectivity index is 1.65. The fourth-order valence-corrected chi connectivity index (χ4v) is 2.59. The Morgan fingerprint density at radius 2 is 1.92 bits per heavy atom. The smallest absolute Gasteiger partial charge is 0.309 e. The van der Waals surface area contributed by atoms with E-state index in [1.54, 1.807) is 11.6 Å². The molecule has 0 aromatic carbocycles. The first-order chi connectivity index (χ1) is 11.8. The van der Waals surface area contributed by atoms with Crippen LogP contribution >= 0.6 is 11.6 Å². The number of nitrogens with zero attached hydrogens (tertiary/aromatic N) is 7. The maximum atomic E-state index is 10.8. The Hall–Kier alpha value is -2.75. The summed E-state index contributed by atoms with van der Waals surface area (Å²) in [4.78, 5) is 10.4. The van der Waals surface area contributed by atoms with Gasteiger partial charge in [-0.2, -0.15) is 10.2 Å². The number of rotatable bonds is 6. The number of halogens is 1. The molecule has 0 bridgehead atoms. The van der Waals surface area contributed by atoms with Crippen molar-refractivity contribution in [2.24, 2.45) is 0 Å². The average molecular weight is 366 g/mol. The van der Waals surface area contributed by atoms with E-state index in [-0.39, 0.29) is 12.2 Å². The molecule has 0 radical (unpaired) electrons. The number of hydrogen-bond acceptors (Lipinski definition) is 7. The van der Waals surface area contributed by atoms with Crippen molar-refractivity contribution in [2.45, 2.75) is 40.3 Å². The van der Waals surface area contributed by atoms with E-state index in [4.69, 9.17) is 16.0 Å². The zero-order valence-electron chi connectivity index (χ0n) is 13.9. The molecule has 3 aromatic heterocycles. The predicted octanol–water partition coefficient (Wildman–Crippen LogP) is 2.24. The van der Waals surface area contributed by atoms with Crippen LogP contribution in [0.15, 0.2) is 10.6 Å². The number of aromatic nitrogens is 6. The van der Waals surface area contributed by atoms with Gasteiger partial charge < -0.3 is 4.42 Å². The number of aryl methyl sites for hydroxylation is 4. The van der Waals surface area contributed by atoms with Gasteiger partial charge in [-0.25, -0.2) is 0 Å². The molecule has 0 spiro atoms. The third-order valence-electron chi connectivity index (χ3n) is 3.75. The fraction of sp³-hybridized carbons (Fsp3) is 0.429. The van der Waals surface area contributed by atoms with Crippen LogP contribution in [0.2, 0.25) is 5.02 Å². The summed E-state index contributed by atoms with van der Waals surface area (Å²) >= 11 is 6.12. The lowest BCUT2D eigenvalue weighted by atomic mass is 10.4. The van der Waals surface area contributed by atoms with Crippen LogP contribution < -0.4 is 0 Å². The second kappa shape index (κ2) is 6.63. The van der Waals surface area contributed by atoms with Gasteiger partial charge in [0.05, 0.1) is 21.3 Å². The Morgan fingerprint density at radius 1 is 1.20 bits per heavy atom. The molecule has 10 nitrogen and oxygen atoms in total. The topological polar surface area (TPSA) is 118 Å². The molecule has 25 heavy (non-hydrogen) atoms. The molecule has 0 N–H and O–H groups in total. The Bertz CT molecular complexity index is 927. The summed E-state index contributed by atoms with van der Waals surface area (Å²) < 4.78 is 8.77. The summed E-state index contributed by atoms with van der Waals surface area (Å²) in [5, 5.41) is 27.9. The molecule has 0 atom stereocenters. The van der Waals surface area contributed by atoms with E-state index in [0.717, 1.165) is 11.4 Å². The summed E-state index contributed by atoms with van der Waals surface area (Å²) in [6.45, 7) is 6.06. The van der Waals surface area contributed by atoms with Crippen LogP contribution in [0.4, 0.5) is 5.69 Å². The predicted molar refractivity (Wildman–Crippen MR) is 87.4 cm³/mol. The summed E-state index contributed by atoms with van der Waals surface area (Å²) in [6, 6.07) is 0. The zero-order valence-corrected chi connectivity index (χ0v) is 14.7. The van der Waals surface area contributed by atoms with Crippen LogP contribution in [-0.2, 0) is 19.5 Å². The Labute approximate surface area is 147 Å². The molecule has 0 amide bonds. The van der Waals surface area contributed by atoms with Gasteiger partial charge in [0.1, 0.15) is 18.4 Å². The molecule has 0 fully saturated rings. The van der Waals surface area contributed by atoms with Crippen molar-refractivity contribution in [3.63, 3.8) is 0 Å². The van der Waals surface area contributed by atoms with Crippen LogP contribution in [-0.4, -0.2) is 34.7 Å². The highest BCUT2D eigenvalue weighted by atomic mass is 35.5. The molecule has 0 saturated heterocycles. The van der Waals surface area contributed by atoms with Gasteiger partial charge in [-0.05, 0) is 20.8 Å². The SMILES string of the molecule is Cc1nn(Cc2nnc(CCn3nc(C)c(Cl)c3C)o2)cc1[N+](=O)[O-]. The van der Waals surface area contributed by atoms with E-state index in [0.29, 0.717) is 35.5 Å². The molecule has 0 saturated carbocycles. The minimum absolute atomic E-state index is 0.0406. The monoisotopic (exact) mass is 365 g/mol. The first-order valence-corrected chi connectivity index (χ1v) is 7.92. The third-order valence-corrected chi connectivity index (χ3v) is 4.30. The van der Waals surface area contributed by atoms with Crippen LogP contribution in [0, 0.1) is 30.9 Å². The lowest BCUT2D eigenvalue weighted by Crippen LogP contribution is -2.05. The van der Waals surface area contributed by atoms with E-state index >= 15 is 0 Å². The zero-order chi connectivity index (χ0) is 18.1. The molecule has 3 heterocycles. The van der Waals surface area contributed by atoms with Gasteiger partial charge in [0.15, 0.2) is 0 Å². The number of nitro groups is 1. The second-order valence-electron chi connectivity index (χ2n) is 5.60. The Kier molecular flexibility index (Phi) is 4.53. The minimum Gasteiger partial charge on any atom is -0.423 e. The van der Waals surface area contributed by atoms with Gasteiger partial charge in [-0.3, -0.25) is 19.5 Å². The van der Waals surface area contributed by atoms with Gasteiger partial charge in [0.25, 0.3) is 0 Å². The first kappa shape index (κ1) is 17.1. The standard InChI is InChI=1S/C14H16ClN7O3/c1-8-11(22(23)24)6-20(18-8)7-13-17-16-12(25-13)4-5-21-10(3)14(15)9(2)19-21/h6H,4-5,7H2,1-3H3. The van der Waals surface area contributed by atoms with Crippen molar-refractivity contribution >= 4 is 17.3 Å². The van der Waals surface area contributed by atoms with Crippen molar-refractivity contribution < 1.29 is 9.34 Å². The molecule has 132 valence electrons. The van der Waals surface area contributed by atoms with Crippen LogP contribution in [0.1, 0.15) is 28.9 Å². The summed E-state index contributed by atoms with van der Waals surface area (Å²) in [7, 11) is 0. The lowest BCUT2D eigenvalue weighted by molar-refractivity contribution is -0.385. The fourth-order valence-electron chi connectivity index (χ4n) is 2.45. The van der Waals surface area contributed by atoms with Gasteiger partial charge >= 0.3 is 5.69 Å². The van der Waals surface area contributed by atoms with Gasteiger partial charge in [-0.15, -0.1) is 10.2 Å². The van der Waals surface area contributed by atoms with Gasteiger partial charge in [0, 0.05) is 13.0 Å². The summed E-state index contributed by atoms with van der Waals surface area (Å²) in [5.41, 5.74) is 1.96. The Morgan fingerprint density at radius 3 is 2.52 bits per heavy atom. The molecule has 11 heteroatoms. The van der Waals surface area contributed by atoms with E-state index in [2.05, 4.69) is 20.4 Å². The highest BCUT2D eigenvalue weighted by molar-refractivity contribution is 6.31. The summed E-state index contributed by atoms with van der Waals surface area (Å²) in [6.07, 6.45) is 1.85. The van der Waals surface area contributed by atoms with Crippen molar-refractivity contribution in [1.29, 1.82) is 0 Å². The van der Waals surface area contributed by atoms with E-state index < -0.39 is 4.92 Å². The molecule has 0 aliphatic heterocycles. The van der Waals surface area contributed by atoms with Crippen LogP contribution in [0.25, 0.3) is 0 Å². The van der Waals surface area contributed by atoms with E-state index in [1.807, 2.05) is 13.8 Å². The molecule has 0 unspecified atom stereocenters. The second-order valence-corrected chi connectivity index (χ2v) is 5.98. The third kappa shape index (κ3) is 3.53. The molecular formula is C14H16ClN7O3. The van der Waals surface area contributed by atoms with Crippen molar-refractivity contribution in [2.75, 3.05) is 0 Å². The average Bonchev–Trinajstić information content (AvgIpc) is 3.21. The normalized spacial score (nSPS) is 11.2. The van der Waals surface area contributed by atoms with Crippen LogP contribution in [0.5, 0.6) is 0 Å². The molecule has 0 aliphatic carbocycles. The van der Waals surface area contributed by atoms with Crippen LogP contribution in [0.3, 0.4) is 0 Å². The first-order valence-electron chi connectivity index (χ1n) is 7.54. The van der Waals surface area contributed by atoms with Crippen molar-refractivity contribution in [3.05, 3.63) is 50.2 Å². The largest absolute Gasteiger partial charge is 0.423 e. The van der Waals surface area contributed by atoms with E-state index in [1.165, 1.54) is 10.9 Å². The number of hydrogen-bond donors (Lipinski definition) is 0. The molecule has 0 aliphatic rings. The van der Waals surface area contributed by atoms with Crippen molar-refractivity contribution in [1.82, 2.24) is 29.8 Å². The molecule has 3 aromatic rings. The maximum Gasteiger partial charge on any atom is 0.309 e. The van der Waals surface area contributed by atoms with Crippen molar-refractivity contribution in [3.8, 4) is 0 Å². The van der Waals surface area contributed by atoms with E-state index in [9.17, 15) is 10.1 Å². The highest BCUT2D eigenvalue weighted by Gasteiger charge is 2.17. The van der Waals surface area contributed by atoms with Gasteiger partial charge in [0.2, 0.25) is 11.8 Å². The summed E-state index contributed by atoms with van der Waals surface area (Å²) in [5.74, 6) is 0.788. The van der Waals surface area contributed by atoms with Gasteiger partial charge in [-0.1, -0.05) is 11.6 Å². The minimum atomic E-state index is -0.475. The maximum absolute atomic E-state index is 10.8. The lowest BCUT2D eigenvalue weighted by Gasteiger charge is -2.01. The quantitative estimate of drug-likeness (QED) is 0.485. The molecule has 3 rings (SSSR count).